The number of aromatic nitrogens is 2. The minimum Gasteiger partial charge on any atom is -0.463 e. The number of ether oxygens (including phenoxy) is 1. The van der Waals surface area contributed by atoms with E-state index in [0.717, 1.165) is 31.9 Å². The van der Waals surface area contributed by atoms with Gasteiger partial charge in [0.15, 0.2) is 5.82 Å². The molecule has 0 unspecified atom stereocenters. The first-order chi connectivity index (χ1) is 11.9. The van der Waals surface area contributed by atoms with Crippen LogP contribution in [0.3, 0.4) is 0 Å². The molecule has 136 valence electrons. The Balaban J connectivity index is 2.23. The van der Waals surface area contributed by atoms with Crippen LogP contribution >= 0.6 is 0 Å². The molecule has 1 aromatic heterocycles. The highest BCUT2D eigenvalue weighted by Crippen LogP contribution is 2.37. The lowest BCUT2D eigenvalue weighted by Crippen LogP contribution is -2.19. The Morgan fingerprint density at radius 1 is 1.08 bits per heavy atom. The highest BCUT2D eigenvalue weighted by atomic mass is 19.4. The number of rotatable bonds is 8. The molecule has 0 aliphatic heterocycles. The second-order valence-electron chi connectivity index (χ2n) is 5.69. The average molecular weight is 353 g/mol. The number of nitrogens with zero attached hydrogens (tertiary/aromatic N) is 3. The molecule has 0 aliphatic rings. The van der Waals surface area contributed by atoms with E-state index < -0.39 is 11.7 Å². The molecular formula is C18H22F3N3O. The van der Waals surface area contributed by atoms with Gasteiger partial charge in [0, 0.05) is 18.9 Å². The first-order valence-corrected chi connectivity index (χ1v) is 8.29. The van der Waals surface area contributed by atoms with Gasteiger partial charge in [-0.1, -0.05) is 44.4 Å². The van der Waals surface area contributed by atoms with Gasteiger partial charge in [0.1, 0.15) is 5.56 Å². The van der Waals surface area contributed by atoms with Gasteiger partial charge >= 0.3 is 12.2 Å². The standard InChI is InChI=1S/C18H22F3N3O/c1-3-4-5-9-12-25-17-22-13-15(18(19,20)21)16(23-17)24(2)14-10-7-6-8-11-14/h6-8,10-11,13H,3-5,9,12H2,1-2H3. The van der Waals surface area contributed by atoms with Crippen molar-refractivity contribution in [2.75, 3.05) is 18.6 Å². The van der Waals surface area contributed by atoms with Crippen molar-refractivity contribution in [3.05, 3.63) is 42.1 Å². The van der Waals surface area contributed by atoms with Gasteiger partial charge in [0.05, 0.1) is 6.61 Å². The van der Waals surface area contributed by atoms with Gasteiger partial charge in [-0.05, 0) is 18.6 Å². The zero-order valence-electron chi connectivity index (χ0n) is 14.4. The van der Waals surface area contributed by atoms with E-state index in [2.05, 4.69) is 16.9 Å². The van der Waals surface area contributed by atoms with Crippen LogP contribution in [0.25, 0.3) is 0 Å². The van der Waals surface area contributed by atoms with E-state index in [-0.39, 0.29) is 11.8 Å². The van der Waals surface area contributed by atoms with Gasteiger partial charge in [-0.15, -0.1) is 0 Å². The van der Waals surface area contributed by atoms with Crippen LogP contribution in [-0.4, -0.2) is 23.6 Å². The predicted molar refractivity (Wildman–Crippen MR) is 91.2 cm³/mol. The summed E-state index contributed by atoms with van der Waals surface area (Å²) < 4.78 is 45.3. The molecule has 0 spiro atoms. The van der Waals surface area contributed by atoms with Crippen LogP contribution in [0.4, 0.5) is 24.7 Å². The SMILES string of the molecule is CCCCCCOc1ncc(C(F)(F)F)c(N(C)c2ccccc2)n1. The largest absolute Gasteiger partial charge is 0.463 e. The fourth-order valence-corrected chi connectivity index (χ4v) is 2.35. The summed E-state index contributed by atoms with van der Waals surface area (Å²) in [5.41, 5.74) is -0.294. The number of anilines is 2. The predicted octanol–water partition coefficient (Wildman–Crippen LogP) is 5.22. The molecule has 2 aromatic rings. The van der Waals surface area contributed by atoms with Crippen molar-refractivity contribution in [1.82, 2.24) is 9.97 Å². The van der Waals surface area contributed by atoms with Gasteiger partial charge in [0.2, 0.25) is 0 Å². The van der Waals surface area contributed by atoms with Crippen LogP contribution in [0.5, 0.6) is 6.01 Å². The molecule has 7 heteroatoms. The summed E-state index contributed by atoms with van der Waals surface area (Å²) in [7, 11) is 1.54. The molecule has 0 atom stereocenters. The Kier molecular flexibility index (Phi) is 6.61. The third-order valence-electron chi connectivity index (χ3n) is 3.74. The highest BCUT2D eigenvalue weighted by molar-refractivity contribution is 5.62. The lowest BCUT2D eigenvalue weighted by Gasteiger charge is -2.22. The summed E-state index contributed by atoms with van der Waals surface area (Å²) >= 11 is 0. The maximum atomic E-state index is 13.3. The highest BCUT2D eigenvalue weighted by Gasteiger charge is 2.36. The fraction of sp³-hybridized carbons (Fsp3) is 0.444. The summed E-state index contributed by atoms with van der Waals surface area (Å²) in [6.07, 6.45) is 0.263. The van der Waals surface area contributed by atoms with Crippen molar-refractivity contribution >= 4 is 11.5 Å². The second-order valence-corrected chi connectivity index (χ2v) is 5.69. The van der Waals surface area contributed by atoms with E-state index >= 15 is 0 Å². The Morgan fingerprint density at radius 3 is 2.44 bits per heavy atom. The molecule has 1 heterocycles. The number of benzene rings is 1. The van der Waals surface area contributed by atoms with Crippen LogP contribution in [0, 0.1) is 0 Å². The van der Waals surface area contributed by atoms with Gasteiger partial charge in [-0.3, -0.25) is 0 Å². The molecule has 0 radical (unpaired) electrons. The first kappa shape index (κ1) is 19.0. The Morgan fingerprint density at radius 2 is 1.80 bits per heavy atom. The molecule has 0 fully saturated rings. The van der Waals surface area contributed by atoms with Crippen molar-refractivity contribution in [2.45, 2.75) is 38.8 Å². The van der Waals surface area contributed by atoms with Crippen molar-refractivity contribution < 1.29 is 17.9 Å². The van der Waals surface area contributed by atoms with Crippen LogP contribution in [0.2, 0.25) is 0 Å². The monoisotopic (exact) mass is 353 g/mol. The van der Waals surface area contributed by atoms with Crippen molar-refractivity contribution in [1.29, 1.82) is 0 Å². The lowest BCUT2D eigenvalue weighted by molar-refractivity contribution is -0.137. The van der Waals surface area contributed by atoms with E-state index in [9.17, 15) is 13.2 Å². The quantitative estimate of drug-likeness (QED) is 0.610. The van der Waals surface area contributed by atoms with Gasteiger partial charge in [-0.25, -0.2) is 4.98 Å². The van der Waals surface area contributed by atoms with E-state index in [0.29, 0.717) is 12.3 Å². The molecule has 4 nitrogen and oxygen atoms in total. The average Bonchev–Trinajstić information content (AvgIpc) is 2.60. The van der Waals surface area contributed by atoms with Gasteiger partial charge < -0.3 is 9.64 Å². The molecule has 0 saturated heterocycles. The minimum absolute atomic E-state index is 0.0396. The van der Waals surface area contributed by atoms with Crippen LogP contribution in [0.1, 0.15) is 38.2 Å². The summed E-state index contributed by atoms with van der Waals surface area (Å²) in [5.74, 6) is -0.225. The summed E-state index contributed by atoms with van der Waals surface area (Å²) in [5, 5.41) is 0. The number of unbranched alkanes of at least 4 members (excludes halogenated alkanes) is 3. The van der Waals surface area contributed by atoms with Crippen LogP contribution in [0.15, 0.2) is 36.5 Å². The van der Waals surface area contributed by atoms with Crippen LogP contribution in [-0.2, 0) is 6.18 Å². The molecule has 25 heavy (non-hydrogen) atoms. The normalized spacial score (nSPS) is 11.4. The topological polar surface area (TPSA) is 38.2 Å². The van der Waals surface area contributed by atoms with E-state index in [1.165, 1.54) is 11.9 Å². The number of alkyl halides is 3. The number of halogens is 3. The van der Waals surface area contributed by atoms with Crippen molar-refractivity contribution in [3.8, 4) is 6.01 Å². The number of para-hydroxylation sites is 1. The van der Waals surface area contributed by atoms with Crippen LogP contribution < -0.4 is 9.64 Å². The Hall–Kier alpha value is -2.31. The molecule has 2 rings (SSSR count). The Bertz CT molecular complexity index is 662. The number of hydrogen-bond donors (Lipinski definition) is 0. The third kappa shape index (κ3) is 5.34. The van der Waals surface area contributed by atoms with E-state index in [1.807, 2.05) is 0 Å². The lowest BCUT2D eigenvalue weighted by atomic mass is 10.2. The van der Waals surface area contributed by atoms with E-state index in [1.54, 1.807) is 30.3 Å². The maximum Gasteiger partial charge on any atom is 0.421 e. The van der Waals surface area contributed by atoms with E-state index in [4.69, 9.17) is 4.74 Å². The minimum atomic E-state index is -4.54. The molecule has 0 saturated carbocycles. The molecule has 1 aromatic carbocycles. The fourth-order valence-electron chi connectivity index (χ4n) is 2.35. The smallest absolute Gasteiger partial charge is 0.421 e. The maximum absolute atomic E-state index is 13.3. The Labute approximate surface area is 145 Å². The number of hydrogen-bond acceptors (Lipinski definition) is 4. The molecule has 0 aliphatic carbocycles. The summed E-state index contributed by atoms with van der Waals surface area (Å²) in [6, 6.07) is 8.70. The second kappa shape index (κ2) is 8.69. The van der Waals surface area contributed by atoms with Crippen molar-refractivity contribution in [2.24, 2.45) is 0 Å². The van der Waals surface area contributed by atoms with Gasteiger partial charge in [-0.2, -0.15) is 18.2 Å². The van der Waals surface area contributed by atoms with Gasteiger partial charge in [0.25, 0.3) is 0 Å². The van der Waals surface area contributed by atoms with Crippen molar-refractivity contribution in [3.63, 3.8) is 0 Å². The molecule has 0 amide bonds. The zero-order chi connectivity index (χ0) is 18.3. The molecule has 0 N–H and O–H groups in total. The zero-order valence-corrected chi connectivity index (χ0v) is 14.4. The third-order valence-corrected chi connectivity index (χ3v) is 3.74. The summed E-state index contributed by atoms with van der Waals surface area (Å²) in [4.78, 5) is 9.11. The molecular weight excluding hydrogens is 331 g/mol. The summed E-state index contributed by atoms with van der Waals surface area (Å²) in [6.45, 7) is 2.49. The first-order valence-electron chi connectivity index (χ1n) is 8.29. The molecule has 0 bridgehead atoms.